The van der Waals surface area contributed by atoms with Gasteiger partial charge in [-0.2, -0.15) is 18.3 Å². The molecule has 2 aromatic rings. The Labute approximate surface area is 105 Å². The summed E-state index contributed by atoms with van der Waals surface area (Å²) in [6.07, 6.45) is 0.423. The van der Waals surface area contributed by atoms with Gasteiger partial charge in [0.05, 0.1) is 17.8 Å². The van der Waals surface area contributed by atoms with Crippen molar-refractivity contribution in [1.29, 1.82) is 0 Å². The van der Waals surface area contributed by atoms with E-state index in [9.17, 15) is 13.2 Å². The lowest BCUT2D eigenvalue weighted by Gasteiger charge is -2.22. The van der Waals surface area contributed by atoms with Gasteiger partial charge in [0, 0.05) is 18.0 Å². The predicted molar refractivity (Wildman–Crippen MR) is 60.1 cm³/mol. The number of alkyl halides is 3. The second kappa shape index (κ2) is 4.08. The number of hydrogen-bond donors (Lipinski definition) is 0. The lowest BCUT2D eigenvalue weighted by Crippen LogP contribution is -2.28. The van der Waals surface area contributed by atoms with Crippen molar-refractivity contribution in [2.45, 2.75) is 12.7 Å². The van der Waals surface area contributed by atoms with Gasteiger partial charge in [-0.1, -0.05) is 6.07 Å². The van der Waals surface area contributed by atoms with Gasteiger partial charge in [0.15, 0.2) is 0 Å². The Morgan fingerprint density at radius 1 is 1.21 bits per heavy atom. The zero-order valence-corrected chi connectivity index (χ0v) is 9.54. The SMILES string of the molecule is FC(F)(F)c1ccc2c(c1)N=NN(n1ccnc1)C2. The van der Waals surface area contributed by atoms with E-state index < -0.39 is 11.7 Å². The number of nitrogens with zero attached hydrogens (tertiary/aromatic N) is 5. The highest BCUT2D eigenvalue weighted by molar-refractivity contribution is 5.50. The molecule has 1 aliphatic heterocycles. The van der Waals surface area contributed by atoms with E-state index in [1.807, 2.05) is 0 Å². The first kappa shape index (κ1) is 11.7. The fraction of sp³-hybridized carbons (Fsp3) is 0.182. The van der Waals surface area contributed by atoms with Gasteiger partial charge in [0.2, 0.25) is 0 Å². The predicted octanol–water partition coefficient (Wildman–Crippen LogP) is 3.05. The minimum atomic E-state index is -4.37. The first-order valence-electron chi connectivity index (χ1n) is 5.41. The van der Waals surface area contributed by atoms with Crippen LogP contribution in [0.1, 0.15) is 11.1 Å². The first-order chi connectivity index (χ1) is 9.04. The van der Waals surface area contributed by atoms with Crippen LogP contribution in [-0.2, 0) is 12.7 Å². The van der Waals surface area contributed by atoms with Gasteiger partial charge < -0.3 is 0 Å². The molecule has 1 aliphatic rings. The van der Waals surface area contributed by atoms with Gasteiger partial charge in [0.25, 0.3) is 0 Å². The summed E-state index contributed by atoms with van der Waals surface area (Å²) in [6.45, 7) is 0.341. The highest BCUT2D eigenvalue weighted by Gasteiger charge is 2.31. The van der Waals surface area contributed by atoms with Crippen molar-refractivity contribution in [3.8, 4) is 0 Å². The molecule has 0 aliphatic carbocycles. The molecule has 0 bridgehead atoms. The number of aromatic nitrogens is 2. The van der Waals surface area contributed by atoms with Gasteiger partial charge in [-0.25, -0.2) is 9.66 Å². The number of imidazole rings is 1. The minimum Gasteiger partial charge on any atom is -0.243 e. The van der Waals surface area contributed by atoms with E-state index in [1.54, 1.807) is 17.1 Å². The van der Waals surface area contributed by atoms with Crippen molar-refractivity contribution in [3.05, 3.63) is 48.0 Å². The summed E-state index contributed by atoms with van der Waals surface area (Å²) in [5, 5.41) is 9.16. The average Bonchev–Trinajstić information content (AvgIpc) is 2.90. The number of hydrogen-bond acceptors (Lipinski definition) is 4. The highest BCUT2D eigenvalue weighted by Crippen LogP contribution is 2.34. The largest absolute Gasteiger partial charge is 0.416 e. The summed E-state index contributed by atoms with van der Waals surface area (Å²) < 4.78 is 39.3. The zero-order valence-electron chi connectivity index (χ0n) is 9.54. The van der Waals surface area contributed by atoms with Crippen LogP contribution in [0.15, 0.2) is 47.3 Å². The zero-order chi connectivity index (χ0) is 13.5. The summed E-state index contributed by atoms with van der Waals surface area (Å²) in [4.78, 5) is 3.87. The van der Waals surface area contributed by atoms with Gasteiger partial charge in [0.1, 0.15) is 6.33 Å². The number of fused-ring (bicyclic) bond motifs is 1. The molecule has 98 valence electrons. The van der Waals surface area contributed by atoms with Crippen molar-refractivity contribution >= 4 is 5.69 Å². The lowest BCUT2D eigenvalue weighted by molar-refractivity contribution is -0.137. The third kappa shape index (κ3) is 2.16. The molecule has 3 rings (SSSR count). The van der Waals surface area contributed by atoms with E-state index in [-0.39, 0.29) is 5.69 Å². The van der Waals surface area contributed by atoms with Crippen LogP contribution in [0.3, 0.4) is 0 Å². The average molecular weight is 267 g/mol. The molecule has 1 aromatic carbocycles. The molecular weight excluding hydrogens is 259 g/mol. The second-order valence-corrected chi connectivity index (χ2v) is 4.00. The van der Waals surface area contributed by atoms with Crippen molar-refractivity contribution in [2.24, 2.45) is 10.3 Å². The number of halogens is 3. The normalized spacial score (nSPS) is 14.6. The molecule has 0 fully saturated rings. The standard InChI is InChI=1S/C11H8F3N5/c12-11(13,14)9-2-1-8-6-19(17-16-10(8)5-9)18-4-3-15-7-18/h1-5,7H,6H2. The molecule has 0 saturated carbocycles. The maximum Gasteiger partial charge on any atom is 0.416 e. The van der Waals surface area contributed by atoms with Crippen LogP contribution >= 0.6 is 0 Å². The molecule has 0 spiro atoms. The third-order valence-corrected chi connectivity index (χ3v) is 2.74. The lowest BCUT2D eigenvalue weighted by atomic mass is 10.1. The molecule has 5 nitrogen and oxygen atoms in total. The Balaban J connectivity index is 1.92. The van der Waals surface area contributed by atoms with E-state index in [0.717, 1.165) is 12.1 Å². The van der Waals surface area contributed by atoms with Crippen LogP contribution in [0.4, 0.5) is 18.9 Å². The molecule has 0 radical (unpaired) electrons. The van der Waals surface area contributed by atoms with E-state index >= 15 is 0 Å². The highest BCUT2D eigenvalue weighted by atomic mass is 19.4. The Morgan fingerprint density at radius 3 is 2.74 bits per heavy atom. The third-order valence-electron chi connectivity index (χ3n) is 2.74. The topological polar surface area (TPSA) is 45.8 Å². The quantitative estimate of drug-likeness (QED) is 0.797. The smallest absolute Gasteiger partial charge is 0.243 e. The van der Waals surface area contributed by atoms with Crippen molar-refractivity contribution in [3.63, 3.8) is 0 Å². The molecule has 0 unspecified atom stereocenters. The Bertz CT molecular complexity index is 618. The molecule has 2 heterocycles. The molecule has 0 N–H and O–H groups in total. The fourth-order valence-electron chi connectivity index (χ4n) is 1.77. The number of benzene rings is 1. The maximum absolute atomic E-state index is 12.6. The summed E-state index contributed by atoms with van der Waals surface area (Å²) >= 11 is 0. The van der Waals surface area contributed by atoms with Gasteiger partial charge >= 0.3 is 6.18 Å². The summed E-state index contributed by atoms with van der Waals surface area (Å²) in [5.41, 5.74) is 0.198. The Kier molecular flexibility index (Phi) is 2.51. The summed E-state index contributed by atoms with van der Waals surface area (Å²) in [6, 6.07) is 3.47. The number of rotatable bonds is 1. The van der Waals surface area contributed by atoms with Crippen LogP contribution < -0.4 is 5.12 Å². The van der Waals surface area contributed by atoms with Crippen molar-refractivity contribution in [1.82, 2.24) is 9.66 Å². The van der Waals surface area contributed by atoms with Crippen LogP contribution in [0.2, 0.25) is 0 Å². The summed E-state index contributed by atoms with van der Waals surface area (Å²) in [7, 11) is 0. The van der Waals surface area contributed by atoms with Gasteiger partial charge in [-0.05, 0) is 17.4 Å². The van der Waals surface area contributed by atoms with Gasteiger partial charge in [-0.15, -0.1) is 5.11 Å². The Hall–Kier alpha value is -2.38. The molecular formula is C11H8F3N5. The molecule has 0 atom stereocenters. The van der Waals surface area contributed by atoms with Gasteiger partial charge in [-0.3, -0.25) is 0 Å². The van der Waals surface area contributed by atoms with E-state index in [2.05, 4.69) is 15.3 Å². The second-order valence-electron chi connectivity index (χ2n) is 4.00. The van der Waals surface area contributed by atoms with Crippen LogP contribution in [-0.4, -0.2) is 9.66 Å². The monoisotopic (exact) mass is 267 g/mol. The van der Waals surface area contributed by atoms with Crippen LogP contribution in [0, 0.1) is 0 Å². The Morgan fingerprint density at radius 2 is 2.05 bits per heavy atom. The van der Waals surface area contributed by atoms with Crippen LogP contribution in [0.25, 0.3) is 0 Å². The first-order valence-corrected chi connectivity index (χ1v) is 5.41. The summed E-state index contributed by atoms with van der Waals surface area (Å²) in [5.74, 6) is 0. The maximum atomic E-state index is 12.6. The van der Waals surface area contributed by atoms with Crippen molar-refractivity contribution < 1.29 is 13.2 Å². The fourth-order valence-corrected chi connectivity index (χ4v) is 1.77. The van der Waals surface area contributed by atoms with E-state index in [0.29, 0.717) is 12.1 Å². The van der Waals surface area contributed by atoms with E-state index in [4.69, 9.17) is 0 Å². The molecule has 8 heteroatoms. The van der Waals surface area contributed by atoms with E-state index in [1.165, 1.54) is 17.5 Å². The minimum absolute atomic E-state index is 0.242. The van der Waals surface area contributed by atoms with Crippen LogP contribution in [0.5, 0.6) is 0 Å². The molecule has 1 aromatic heterocycles. The van der Waals surface area contributed by atoms with Crippen molar-refractivity contribution in [2.75, 3.05) is 5.12 Å². The molecule has 19 heavy (non-hydrogen) atoms. The molecule has 0 amide bonds. The molecule has 0 saturated heterocycles.